The monoisotopic (exact) mass is 236 g/mol. The molecule has 2 saturated heterocycles. The van der Waals surface area contributed by atoms with E-state index in [1.54, 1.807) is 0 Å². The average Bonchev–Trinajstić information content (AvgIpc) is 2.88. The van der Waals surface area contributed by atoms with Gasteiger partial charge in [0.05, 0.1) is 12.6 Å². The second-order valence-electron chi connectivity index (χ2n) is 5.79. The van der Waals surface area contributed by atoms with Gasteiger partial charge in [-0.3, -0.25) is 0 Å². The quantitative estimate of drug-likeness (QED) is 0.808. The molecule has 3 atom stereocenters. The van der Waals surface area contributed by atoms with Crippen LogP contribution in [0.1, 0.15) is 32.1 Å². The molecule has 3 aliphatic rings. The summed E-state index contributed by atoms with van der Waals surface area (Å²) >= 11 is 0. The molecule has 2 bridgehead atoms. The molecule has 3 aliphatic heterocycles. The van der Waals surface area contributed by atoms with Crippen molar-refractivity contribution in [2.24, 2.45) is 5.92 Å². The minimum Gasteiger partial charge on any atom is -0.496 e. The maximum atomic E-state index is 5.76. The van der Waals surface area contributed by atoms with Gasteiger partial charge < -0.3 is 15.0 Å². The summed E-state index contributed by atoms with van der Waals surface area (Å²) in [6.45, 7) is 0.882. The van der Waals surface area contributed by atoms with E-state index < -0.39 is 0 Å². The van der Waals surface area contributed by atoms with Crippen molar-refractivity contribution in [2.45, 2.75) is 50.2 Å². The predicted octanol–water partition coefficient (Wildman–Crippen LogP) is 1.75. The van der Waals surface area contributed by atoms with E-state index in [0.29, 0.717) is 6.04 Å². The van der Waals surface area contributed by atoms with Crippen LogP contribution >= 0.6 is 0 Å². The van der Waals surface area contributed by atoms with Crippen LogP contribution in [-0.2, 0) is 4.74 Å². The van der Waals surface area contributed by atoms with Gasteiger partial charge in [0, 0.05) is 18.5 Å². The van der Waals surface area contributed by atoms with Crippen LogP contribution in [0.15, 0.2) is 11.8 Å². The van der Waals surface area contributed by atoms with E-state index in [1.165, 1.54) is 31.4 Å². The van der Waals surface area contributed by atoms with Gasteiger partial charge in [-0.25, -0.2) is 0 Å². The van der Waals surface area contributed by atoms with Gasteiger partial charge in [-0.1, -0.05) is 0 Å². The minimum absolute atomic E-state index is 0.453. The number of piperidine rings is 1. The van der Waals surface area contributed by atoms with Crippen LogP contribution < -0.4 is 5.32 Å². The Bertz CT molecular complexity index is 301. The maximum absolute atomic E-state index is 5.76. The summed E-state index contributed by atoms with van der Waals surface area (Å²) in [6, 6.07) is 2.09. The summed E-state index contributed by atoms with van der Waals surface area (Å²) in [5.41, 5.74) is 0. The van der Waals surface area contributed by atoms with Crippen LogP contribution in [0.5, 0.6) is 0 Å². The molecule has 96 valence electrons. The van der Waals surface area contributed by atoms with Crippen molar-refractivity contribution < 1.29 is 4.74 Å². The van der Waals surface area contributed by atoms with Crippen molar-refractivity contribution in [3.8, 4) is 0 Å². The fraction of sp³-hybridized carbons (Fsp3) is 0.857. The zero-order chi connectivity index (χ0) is 11.8. The summed E-state index contributed by atoms with van der Waals surface area (Å²) in [6.07, 6.45) is 8.83. The third-order valence-electron chi connectivity index (χ3n) is 4.96. The first kappa shape index (κ1) is 11.5. The summed E-state index contributed by atoms with van der Waals surface area (Å²) in [7, 11) is 4.38. The van der Waals surface area contributed by atoms with Gasteiger partial charge in [-0.2, -0.15) is 0 Å². The van der Waals surface area contributed by atoms with Crippen LogP contribution in [0.4, 0.5) is 0 Å². The fourth-order valence-corrected chi connectivity index (χ4v) is 3.99. The summed E-state index contributed by atoms with van der Waals surface area (Å²) in [5, 5.41) is 3.49. The predicted molar refractivity (Wildman–Crippen MR) is 68.8 cm³/mol. The van der Waals surface area contributed by atoms with Gasteiger partial charge in [0.25, 0.3) is 0 Å². The van der Waals surface area contributed by atoms with Gasteiger partial charge in [0.1, 0.15) is 5.76 Å². The normalized spacial score (nSPS) is 38.9. The molecule has 3 unspecified atom stereocenters. The minimum atomic E-state index is 0.453. The third-order valence-corrected chi connectivity index (χ3v) is 4.96. The molecule has 3 nitrogen and oxygen atoms in total. The van der Waals surface area contributed by atoms with Gasteiger partial charge in [0.15, 0.2) is 0 Å². The molecule has 17 heavy (non-hydrogen) atoms. The molecule has 1 N–H and O–H groups in total. The highest BCUT2D eigenvalue weighted by Crippen LogP contribution is 2.40. The Morgan fingerprint density at radius 2 is 2.06 bits per heavy atom. The Balaban J connectivity index is 1.71. The highest BCUT2D eigenvalue weighted by Gasteiger charge is 2.41. The Labute approximate surface area is 104 Å². The molecule has 0 saturated carbocycles. The van der Waals surface area contributed by atoms with E-state index in [9.17, 15) is 0 Å². The highest BCUT2D eigenvalue weighted by molar-refractivity contribution is 5.11. The lowest BCUT2D eigenvalue weighted by molar-refractivity contribution is 0.103. The third kappa shape index (κ3) is 2.00. The standard InChI is InChI=1S/C14H24N2O/c1-15-14(13-4-3-7-17-13)10-8-11-5-6-12(9-10)16(11)2/h4,10-12,14-15H,3,5-9H2,1-2H3. The highest BCUT2D eigenvalue weighted by atomic mass is 16.5. The topological polar surface area (TPSA) is 24.5 Å². The van der Waals surface area contributed by atoms with Crippen LogP contribution in [0, 0.1) is 5.92 Å². The molecule has 0 aromatic rings. The summed E-state index contributed by atoms with van der Waals surface area (Å²) in [5.74, 6) is 1.97. The zero-order valence-corrected chi connectivity index (χ0v) is 11.0. The molecule has 0 spiro atoms. The molecule has 0 aromatic heterocycles. The lowest BCUT2D eigenvalue weighted by atomic mass is 9.84. The first-order chi connectivity index (χ1) is 8.29. The number of fused-ring (bicyclic) bond motifs is 2. The second kappa shape index (κ2) is 4.62. The Kier molecular flexibility index (Phi) is 3.14. The van der Waals surface area contributed by atoms with Gasteiger partial charge in [-0.05, 0) is 51.8 Å². The lowest BCUT2D eigenvalue weighted by Gasteiger charge is -2.39. The summed E-state index contributed by atoms with van der Waals surface area (Å²) < 4.78 is 5.76. The van der Waals surface area contributed by atoms with Crippen molar-refractivity contribution in [1.82, 2.24) is 10.2 Å². The van der Waals surface area contributed by atoms with Crippen molar-refractivity contribution in [3.05, 3.63) is 11.8 Å². The lowest BCUT2D eigenvalue weighted by Crippen LogP contribution is -2.47. The molecule has 0 amide bonds. The summed E-state index contributed by atoms with van der Waals surface area (Å²) in [4.78, 5) is 2.60. The van der Waals surface area contributed by atoms with Crippen LogP contribution in [-0.4, -0.2) is 43.7 Å². The van der Waals surface area contributed by atoms with Crippen molar-refractivity contribution in [2.75, 3.05) is 20.7 Å². The van der Waals surface area contributed by atoms with E-state index in [0.717, 1.165) is 31.0 Å². The van der Waals surface area contributed by atoms with Crippen molar-refractivity contribution in [1.29, 1.82) is 0 Å². The zero-order valence-electron chi connectivity index (χ0n) is 11.0. The number of hydrogen-bond donors (Lipinski definition) is 1. The number of nitrogens with one attached hydrogen (secondary N) is 1. The molecular weight excluding hydrogens is 212 g/mol. The number of ether oxygens (including phenoxy) is 1. The smallest absolute Gasteiger partial charge is 0.109 e. The first-order valence-electron chi connectivity index (χ1n) is 7.01. The Morgan fingerprint density at radius 1 is 1.35 bits per heavy atom. The van der Waals surface area contributed by atoms with E-state index in [4.69, 9.17) is 4.74 Å². The molecule has 2 fully saturated rings. The van der Waals surface area contributed by atoms with E-state index in [1.807, 2.05) is 0 Å². The molecule has 0 aliphatic carbocycles. The molecule has 3 heterocycles. The molecule has 0 radical (unpaired) electrons. The van der Waals surface area contributed by atoms with Crippen LogP contribution in [0.25, 0.3) is 0 Å². The maximum Gasteiger partial charge on any atom is 0.109 e. The van der Waals surface area contributed by atoms with E-state index in [-0.39, 0.29) is 0 Å². The fourth-order valence-electron chi connectivity index (χ4n) is 3.99. The number of hydrogen-bond acceptors (Lipinski definition) is 3. The average molecular weight is 236 g/mol. The van der Waals surface area contributed by atoms with Crippen LogP contribution in [0.2, 0.25) is 0 Å². The van der Waals surface area contributed by atoms with Crippen LogP contribution in [0.3, 0.4) is 0 Å². The van der Waals surface area contributed by atoms with Gasteiger partial charge >= 0.3 is 0 Å². The van der Waals surface area contributed by atoms with Crippen molar-refractivity contribution in [3.63, 3.8) is 0 Å². The Hall–Kier alpha value is -0.540. The Morgan fingerprint density at radius 3 is 2.59 bits per heavy atom. The second-order valence-corrected chi connectivity index (χ2v) is 5.79. The van der Waals surface area contributed by atoms with Crippen molar-refractivity contribution >= 4 is 0 Å². The number of likely N-dealkylation sites (N-methyl/N-ethyl adjacent to an activating group) is 1. The first-order valence-corrected chi connectivity index (χ1v) is 7.01. The molecule has 3 heteroatoms. The molecular formula is C14H24N2O. The largest absolute Gasteiger partial charge is 0.496 e. The number of rotatable bonds is 3. The molecule has 3 rings (SSSR count). The van der Waals surface area contributed by atoms with Gasteiger partial charge in [-0.15, -0.1) is 0 Å². The van der Waals surface area contributed by atoms with Gasteiger partial charge in [0.2, 0.25) is 0 Å². The SMILES string of the molecule is CNC(C1=CCCO1)C1CC2CCC(C1)N2C. The molecule has 0 aromatic carbocycles. The van der Waals surface area contributed by atoms with E-state index >= 15 is 0 Å². The number of nitrogens with zero attached hydrogens (tertiary/aromatic N) is 1. The van der Waals surface area contributed by atoms with E-state index in [2.05, 4.69) is 30.4 Å².